The lowest BCUT2D eigenvalue weighted by Gasteiger charge is -2.42. The molecule has 0 bridgehead atoms. The van der Waals surface area contributed by atoms with Crippen LogP contribution in [0.3, 0.4) is 0 Å². The SMILES string of the molecule is CC(C)(C)NC(=O)[C@@H]1CN(Cc2cccnc2)CCN1C[C@@H](O)C[C@@H](Cc1ccccc1)C(=O)N[C@H]1c2ccccc2C[C@H]1OC(=O)CCC(=O)O[C@H]1[C@H](O)[C@@H](CO)OC(O)[C@@H]1O. The Hall–Kier alpha value is -4.85. The molecule has 342 valence electrons. The minimum Gasteiger partial charge on any atom is -0.459 e. The number of nitrogens with zero attached hydrogens (tertiary/aromatic N) is 3. The van der Waals surface area contributed by atoms with Gasteiger partial charge in [-0.15, -0.1) is 0 Å². The number of ether oxygens (including phenoxy) is 3. The molecule has 1 aliphatic carbocycles. The lowest BCUT2D eigenvalue weighted by molar-refractivity contribution is -0.289. The molecule has 6 rings (SSSR count). The van der Waals surface area contributed by atoms with Crippen molar-refractivity contribution in [3.8, 4) is 0 Å². The first-order valence-corrected chi connectivity index (χ1v) is 21.6. The van der Waals surface area contributed by atoms with Crippen molar-refractivity contribution in [2.24, 2.45) is 5.92 Å². The van der Waals surface area contributed by atoms with E-state index in [1.807, 2.05) is 98.6 Å². The Balaban J connectivity index is 1.12. The number of esters is 2. The van der Waals surface area contributed by atoms with Crippen molar-refractivity contribution in [3.05, 3.63) is 101 Å². The van der Waals surface area contributed by atoms with Gasteiger partial charge in [0, 0.05) is 63.0 Å². The molecule has 2 aliphatic heterocycles. The van der Waals surface area contributed by atoms with Crippen LogP contribution in [0.1, 0.15) is 68.3 Å². The third-order valence-electron chi connectivity index (χ3n) is 11.6. The second kappa shape index (κ2) is 21.7. The minimum atomic E-state index is -1.82. The van der Waals surface area contributed by atoms with Gasteiger partial charge in [0.1, 0.15) is 30.5 Å². The fourth-order valence-electron chi connectivity index (χ4n) is 8.50. The summed E-state index contributed by atoms with van der Waals surface area (Å²) in [5.41, 5.74) is 3.08. The molecule has 2 fully saturated rings. The molecule has 1 aromatic heterocycles. The van der Waals surface area contributed by atoms with Gasteiger partial charge in [0.25, 0.3) is 0 Å². The number of pyridine rings is 1. The molecule has 3 heterocycles. The van der Waals surface area contributed by atoms with E-state index in [-0.39, 0.29) is 31.2 Å². The van der Waals surface area contributed by atoms with Gasteiger partial charge in [-0.2, -0.15) is 0 Å². The number of carbonyl (C=O) groups is 4. The highest BCUT2D eigenvalue weighted by atomic mass is 16.7. The lowest BCUT2D eigenvalue weighted by atomic mass is 9.91. The number of aliphatic hydroxyl groups excluding tert-OH is 5. The van der Waals surface area contributed by atoms with E-state index in [9.17, 15) is 44.7 Å². The number of β-amino-alcohol motifs (C(OH)–C–C–N with tert-alkyl or cyclic N) is 1. The van der Waals surface area contributed by atoms with Gasteiger partial charge in [-0.05, 0) is 61.9 Å². The Labute approximate surface area is 367 Å². The summed E-state index contributed by atoms with van der Waals surface area (Å²) in [4.78, 5) is 62.6. The molecule has 17 nitrogen and oxygen atoms in total. The molecule has 0 saturated carbocycles. The molecule has 1 unspecified atom stereocenters. The molecule has 7 N–H and O–H groups in total. The van der Waals surface area contributed by atoms with E-state index in [2.05, 4.69) is 20.5 Å². The van der Waals surface area contributed by atoms with Crippen molar-refractivity contribution < 1.29 is 58.9 Å². The minimum absolute atomic E-state index is 0.0811. The topological polar surface area (TPSA) is 241 Å². The van der Waals surface area contributed by atoms with Crippen molar-refractivity contribution in [2.45, 2.75) is 120 Å². The fraction of sp³-hybridized carbons (Fsp3) is 0.543. The van der Waals surface area contributed by atoms with E-state index in [1.165, 1.54) is 0 Å². The summed E-state index contributed by atoms with van der Waals surface area (Å²) < 4.78 is 16.0. The molecular weight excluding hydrogens is 815 g/mol. The van der Waals surface area contributed by atoms with E-state index in [0.29, 0.717) is 32.6 Å². The first-order chi connectivity index (χ1) is 30.1. The number of hydrogen-bond acceptors (Lipinski definition) is 15. The molecule has 10 atom stereocenters. The number of amides is 2. The predicted molar refractivity (Wildman–Crippen MR) is 227 cm³/mol. The first-order valence-electron chi connectivity index (χ1n) is 21.6. The van der Waals surface area contributed by atoms with Gasteiger partial charge in [0.15, 0.2) is 12.4 Å². The van der Waals surface area contributed by atoms with Gasteiger partial charge in [-0.25, -0.2) is 0 Å². The smallest absolute Gasteiger partial charge is 0.306 e. The van der Waals surface area contributed by atoms with Crippen LogP contribution in [0.15, 0.2) is 79.1 Å². The van der Waals surface area contributed by atoms with Crippen molar-refractivity contribution in [1.29, 1.82) is 0 Å². The van der Waals surface area contributed by atoms with Crippen LogP contribution < -0.4 is 10.6 Å². The normalized spacial score (nSPS) is 26.2. The number of carbonyl (C=O) groups excluding carboxylic acids is 4. The van der Waals surface area contributed by atoms with Crippen molar-refractivity contribution >= 4 is 23.8 Å². The molecule has 17 heteroatoms. The Bertz CT molecular complexity index is 1990. The maximum atomic E-state index is 14.4. The van der Waals surface area contributed by atoms with Gasteiger partial charge < -0.3 is 50.4 Å². The summed E-state index contributed by atoms with van der Waals surface area (Å²) in [5, 5.41) is 58.0. The Morgan fingerprint density at radius 3 is 2.30 bits per heavy atom. The highest BCUT2D eigenvalue weighted by molar-refractivity contribution is 5.83. The van der Waals surface area contributed by atoms with E-state index in [1.54, 1.807) is 6.20 Å². The molecular formula is C46H61N5O12. The van der Waals surface area contributed by atoms with Crippen LogP contribution in [0.4, 0.5) is 0 Å². The average Bonchev–Trinajstić information content (AvgIpc) is 3.59. The predicted octanol–water partition coefficient (Wildman–Crippen LogP) is 0.541. The number of rotatable bonds is 17. The van der Waals surface area contributed by atoms with Crippen LogP contribution in [0.25, 0.3) is 0 Å². The van der Waals surface area contributed by atoms with Crippen LogP contribution in [-0.2, 0) is 52.8 Å². The van der Waals surface area contributed by atoms with E-state index >= 15 is 0 Å². The second-order valence-electron chi connectivity index (χ2n) is 17.7. The second-order valence-corrected chi connectivity index (χ2v) is 17.7. The highest BCUT2D eigenvalue weighted by Crippen LogP contribution is 2.35. The monoisotopic (exact) mass is 875 g/mol. The summed E-state index contributed by atoms with van der Waals surface area (Å²) >= 11 is 0. The van der Waals surface area contributed by atoms with E-state index in [0.717, 1.165) is 22.3 Å². The number of piperazine rings is 1. The lowest BCUT2D eigenvalue weighted by Crippen LogP contribution is -2.61. The van der Waals surface area contributed by atoms with Crippen molar-refractivity contribution in [2.75, 3.05) is 32.8 Å². The quantitative estimate of drug-likeness (QED) is 0.0917. The largest absolute Gasteiger partial charge is 0.459 e. The van der Waals surface area contributed by atoms with Gasteiger partial charge in [0.2, 0.25) is 11.8 Å². The summed E-state index contributed by atoms with van der Waals surface area (Å²) in [7, 11) is 0. The molecule has 2 saturated heterocycles. The molecule has 0 spiro atoms. The zero-order chi connectivity index (χ0) is 45.3. The molecule has 3 aromatic rings. The van der Waals surface area contributed by atoms with Gasteiger partial charge in [-0.1, -0.05) is 60.7 Å². The van der Waals surface area contributed by atoms with Gasteiger partial charge in [0.05, 0.1) is 31.6 Å². The summed E-state index contributed by atoms with van der Waals surface area (Å²) in [5.74, 6) is -2.93. The number of fused-ring (bicyclic) bond motifs is 1. The van der Waals surface area contributed by atoms with Crippen LogP contribution >= 0.6 is 0 Å². The van der Waals surface area contributed by atoms with Crippen LogP contribution in [0, 0.1) is 5.92 Å². The summed E-state index contributed by atoms with van der Waals surface area (Å²) in [6.45, 7) is 7.48. The molecule has 0 radical (unpaired) electrons. The fourth-order valence-corrected chi connectivity index (χ4v) is 8.50. The number of aliphatic hydroxyl groups is 5. The highest BCUT2D eigenvalue weighted by Gasteiger charge is 2.46. The standard InChI is InChI=1S/C46H61N5O12/c1-46(2,3)49-44(59)34-26-50(24-29-12-9-17-47-23-29)18-19-51(34)25-32(53)21-31(20-28-10-5-4-6-11-28)43(58)48-39-33-14-8-7-13-30(33)22-35(39)61-37(54)15-16-38(55)63-42-40(56)36(27-52)62-45(60)41(42)57/h4-14,17,23,31-32,34-36,39-42,45,52-53,56-57,60H,15-16,18-22,24-27H2,1-3H3,(H,48,58)(H,49,59)/t31-,32+,34+,35-,36-,39+,40-,41-,42+,45?/m1/s1. The number of hydrogen-bond donors (Lipinski definition) is 7. The first kappa shape index (κ1) is 47.6. The van der Waals surface area contributed by atoms with Crippen LogP contribution in [0.5, 0.6) is 0 Å². The number of benzene rings is 2. The Morgan fingerprint density at radius 2 is 1.60 bits per heavy atom. The maximum absolute atomic E-state index is 14.4. The van der Waals surface area contributed by atoms with Crippen LogP contribution in [-0.4, -0.2) is 151 Å². The molecule has 3 aliphatic rings. The Morgan fingerprint density at radius 1 is 0.905 bits per heavy atom. The maximum Gasteiger partial charge on any atom is 0.306 e. The van der Waals surface area contributed by atoms with E-state index < -0.39 is 97.8 Å². The average molecular weight is 876 g/mol. The third-order valence-corrected chi connectivity index (χ3v) is 11.6. The number of aromatic nitrogens is 1. The van der Waals surface area contributed by atoms with Gasteiger partial charge >= 0.3 is 11.9 Å². The zero-order valence-corrected chi connectivity index (χ0v) is 36.0. The van der Waals surface area contributed by atoms with Gasteiger partial charge in [-0.3, -0.25) is 34.0 Å². The van der Waals surface area contributed by atoms with Crippen molar-refractivity contribution in [3.63, 3.8) is 0 Å². The summed E-state index contributed by atoms with van der Waals surface area (Å²) in [6, 6.07) is 19.5. The van der Waals surface area contributed by atoms with Crippen molar-refractivity contribution in [1.82, 2.24) is 25.4 Å². The Kier molecular flexibility index (Phi) is 16.4. The zero-order valence-electron chi connectivity index (χ0n) is 36.0. The number of nitrogens with one attached hydrogen (secondary N) is 2. The summed E-state index contributed by atoms with van der Waals surface area (Å²) in [6.07, 6.45) is -6.66. The molecule has 2 aromatic carbocycles. The third kappa shape index (κ3) is 13.1. The molecule has 2 amide bonds. The van der Waals surface area contributed by atoms with Crippen LogP contribution in [0.2, 0.25) is 0 Å². The van der Waals surface area contributed by atoms with E-state index in [4.69, 9.17) is 14.2 Å². The molecule has 63 heavy (non-hydrogen) atoms.